The van der Waals surface area contributed by atoms with Crippen LogP contribution in [-0.4, -0.2) is 49.1 Å². The maximum absolute atomic E-state index is 12.0. The van der Waals surface area contributed by atoms with Gasteiger partial charge < -0.3 is 19.7 Å². The first-order valence-corrected chi connectivity index (χ1v) is 9.76. The number of rotatable bonds is 6. The molecule has 0 aliphatic carbocycles. The molecule has 1 saturated heterocycles. The van der Waals surface area contributed by atoms with Gasteiger partial charge in [-0.2, -0.15) is 0 Å². The topological polar surface area (TPSA) is 76.1 Å². The Balaban J connectivity index is 0.00000320. The summed E-state index contributed by atoms with van der Waals surface area (Å²) in [6.07, 6.45) is 1.72. The Morgan fingerprint density at radius 1 is 1.23 bits per heavy atom. The Hall–Kier alpha value is -2.36. The van der Waals surface area contributed by atoms with Crippen molar-refractivity contribution in [2.24, 2.45) is 16.8 Å². The summed E-state index contributed by atoms with van der Waals surface area (Å²) in [5.74, 6) is 1.26. The summed E-state index contributed by atoms with van der Waals surface area (Å²) >= 11 is 0. The lowest BCUT2D eigenvalue weighted by Gasteiger charge is -2.22. The van der Waals surface area contributed by atoms with Gasteiger partial charge in [0.1, 0.15) is 6.61 Å². The molecule has 1 aromatic heterocycles. The Kier molecular flexibility index (Phi) is 9.35. The van der Waals surface area contributed by atoms with Crippen LogP contribution in [0.2, 0.25) is 0 Å². The third-order valence-corrected chi connectivity index (χ3v) is 5.13. The Bertz CT molecular complexity index is 847. The molecule has 162 valence electrons. The molecule has 1 N–H and O–H groups in total. The molecule has 0 spiro atoms. The second-order valence-electron chi connectivity index (χ2n) is 7.15. The fourth-order valence-electron chi connectivity index (χ4n) is 3.52. The zero-order chi connectivity index (χ0) is 20.6. The molecule has 1 aromatic carbocycles. The second kappa shape index (κ2) is 11.7. The van der Waals surface area contributed by atoms with Gasteiger partial charge in [0.2, 0.25) is 5.88 Å². The van der Waals surface area contributed by atoms with E-state index in [1.807, 2.05) is 42.5 Å². The van der Waals surface area contributed by atoms with Gasteiger partial charge in [0, 0.05) is 38.4 Å². The van der Waals surface area contributed by atoms with E-state index < -0.39 is 0 Å². The predicted molar refractivity (Wildman–Crippen MR) is 127 cm³/mol. The normalized spacial score (nSPS) is 18.5. The summed E-state index contributed by atoms with van der Waals surface area (Å²) < 4.78 is 10.9. The number of methoxy groups -OCH3 is 1. The minimum Gasteiger partial charge on any atom is -0.473 e. The number of likely N-dealkylation sites (tertiary alicyclic amines) is 1. The fraction of sp³-hybridized carbons (Fsp3) is 0.409. The molecule has 0 saturated carbocycles. The quantitative estimate of drug-likeness (QED) is 0.271. The number of halogens is 1. The lowest BCUT2D eigenvalue weighted by atomic mass is 9.99. The van der Waals surface area contributed by atoms with Crippen LogP contribution in [0.25, 0.3) is 0 Å². The Labute approximate surface area is 194 Å². The number of hydrogen-bond donors (Lipinski definition) is 1. The van der Waals surface area contributed by atoms with Crippen LogP contribution in [0, 0.1) is 11.8 Å². The zero-order valence-electron chi connectivity index (χ0n) is 17.6. The highest BCUT2D eigenvalue weighted by Gasteiger charge is 2.36. The van der Waals surface area contributed by atoms with Gasteiger partial charge in [-0.05, 0) is 17.5 Å². The van der Waals surface area contributed by atoms with Crippen molar-refractivity contribution in [1.29, 1.82) is 0 Å². The van der Waals surface area contributed by atoms with Crippen molar-refractivity contribution in [3.05, 3.63) is 59.8 Å². The van der Waals surface area contributed by atoms with Crippen molar-refractivity contribution in [2.75, 3.05) is 27.2 Å². The standard InChI is InChI=1S/C22H28N4O3.HI/c1-16-13-26(14-19(16)21(27)28-3)22(23-2)25-12-18-10-7-11-24-20(18)29-15-17-8-5-4-6-9-17;/h4-11,16,19H,12-15H2,1-3H3,(H,23,25);1H. The molecule has 2 unspecified atom stereocenters. The lowest BCUT2D eigenvalue weighted by Crippen LogP contribution is -2.40. The van der Waals surface area contributed by atoms with Gasteiger partial charge in [-0.1, -0.05) is 43.3 Å². The first-order chi connectivity index (χ1) is 14.1. The molecule has 8 heteroatoms. The van der Waals surface area contributed by atoms with Crippen LogP contribution in [0.1, 0.15) is 18.1 Å². The smallest absolute Gasteiger partial charge is 0.310 e. The van der Waals surface area contributed by atoms with Gasteiger partial charge in [0.25, 0.3) is 0 Å². The summed E-state index contributed by atoms with van der Waals surface area (Å²) in [6, 6.07) is 13.9. The molecule has 0 bridgehead atoms. The highest BCUT2D eigenvalue weighted by molar-refractivity contribution is 14.0. The molecule has 7 nitrogen and oxygen atoms in total. The Morgan fingerprint density at radius 3 is 2.70 bits per heavy atom. The third-order valence-electron chi connectivity index (χ3n) is 5.13. The molecule has 2 aromatic rings. The number of guanidine groups is 1. The molecule has 0 amide bonds. The number of aromatic nitrogens is 1. The van der Waals surface area contributed by atoms with Crippen molar-refractivity contribution < 1.29 is 14.3 Å². The Morgan fingerprint density at radius 2 is 2.00 bits per heavy atom. The van der Waals surface area contributed by atoms with Gasteiger partial charge in [0.05, 0.1) is 13.0 Å². The average molecular weight is 524 g/mol. The van der Waals surface area contributed by atoms with Crippen molar-refractivity contribution in [3.8, 4) is 5.88 Å². The monoisotopic (exact) mass is 524 g/mol. The van der Waals surface area contributed by atoms with E-state index in [1.165, 1.54) is 7.11 Å². The van der Waals surface area contributed by atoms with E-state index in [1.54, 1.807) is 13.2 Å². The van der Waals surface area contributed by atoms with Crippen molar-refractivity contribution in [3.63, 3.8) is 0 Å². The number of aliphatic imine (C=N–C) groups is 1. The van der Waals surface area contributed by atoms with Gasteiger partial charge >= 0.3 is 5.97 Å². The van der Waals surface area contributed by atoms with Crippen LogP contribution in [0.15, 0.2) is 53.7 Å². The summed E-state index contributed by atoms with van der Waals surface area (Å²) in [4.78, 5) is 22.8. The number of carbonyl (C=O) groups excluding carboxylic acids is 1. The first-order valence-electron chi connectivity index (χ1n) is 9.76. The summed E-state index contributed by atoms with van der Waals surface area (Å²) in [5.41, 5.74) is 2.04. The van der Waals surface area contributed by atoms with Crippen LogP contribution in [0.5, 0.6) is 5.88 Å². The molecule has 2 atom stereocenters. The molecule has 1 fully saturated rings. The van der Waals surface area contributed by atoms with E-state index in [4.69, 9.17) is 9.47 Å². The van der Waals surface area contributed by atoms with E-state index in [-0.39, 0.29) is 41.8 Å². The minimum absolute atomic E-state index is 0. The first kappa shape index (κ1) is 23.9. The van der Waals surface area contributed by atoms with Crippen molar-refractivity contribution in [1.82, 2.24) is 15.2 Å². The van der Waals surface area contributed by atoms with Gasteiger partial charge in [-0.3, -0.25) is 9.79 Å². The van der Waals surface area contributed by atoms with Crippen LogP contribution in [-0.2, 0) is 22.7 Å². The number of nitrogens with zero attached hydrogens (tertiary/aromatic N) is 3. The molecule has 2 heterocycles. The minimum atomic E-state index is -0.167. The highest BCUT2D eigenvalue weighted by atomic mass is 127. The van der Waals surface area contributed by atoms with Gasteiger partial charge in [0.15, 0.2) is 5.96 Å². The molecule has 30 heavy (non-hydrogen) atoms. The molecule has 3 rings (SSSR count). The molecular formula is C22H29IN4O3. The summed E-state index contributed by atoms with van der Waals surface area (Å²) in [7, 11) is 3.18. The number of pyridine rings is 1. The maximum Gasteiger partial charge on any atom is 0.310 e. The van der Waals surface area contributed by atoms with Crippen LogP contribution < -0.4 is 10.1 Å². The summed E-state index contributed by atoms with van der Waals surface area (Å²) in [5, 5.41) is 3.37. The fourth-order valence-corrected chi connectivity index (χ4v) is 3.52. The summed E-state index contributed by atoms with van der Waals surface area (Å²) in [6.45, 7) is 4.40. The average Bonchev–Trinajstić information content (AvgIpc) is 3.15. The number of carbonyl (C=O) groups is 1. The lowest BCUT2D eigenvalue weighted by molar-refractivity contribution is -0.145. The van der Waals surface area contributed by atoms with Crippen LogP contribution in [0.4, 0.5) is 0 Å². The number of hydrogen-bond acceptors (Lipinski definition) is 5. The van der Waals surface area contributed by atoms with Crippen molar-refractivity contribution in [2.45, 2.75) is 20.1 Å². The SMILES string of the molecule is CN=C(NCc1cccnc1OCc1ccccc1)N1CC(C)C(C(=O)OC)C1.I. The van der Waals surface area contributed by atoms with E-state index >= 15 is 0 Å². The number of ether oxygens (including phenoxy) is 2. The van der Waals surface area contributed by atoms with E-state index in [0.717, 1.165) is 23.6 Å². The van der Waals surface area contributed by atoms with E-state index in [2.05, 4.69) is 27.1 Å². The van der Waals surface area contributed by atoms with Crippen LogP contribution in [0.3, 0.4) is 0 Å². The van der Waals surface area contributed by atoms with E-state index in [9.17, 15) is 4.79 Å². The second-order valence-corrected chi connectivity index (χ2v) is 7.15. The largest absolute Gasteiger partial charge is 0.473 e. The van der Waals surface area contributed by atoms with Crippen LogP contribution >= 0.6 is 24.0 Å². The molecule has 1 aliphatic heterocycles. The number of benzene rings is 1. The van der Waals surface area contributed by atoms with Gasteiger partial charge in [-0.15, -0.1) is 24.0 Å². The molecule has 1 aliphatic rings. The third kappa shape index (κ3) is 6.07. The molecule has 0 radical (unpaired) electrons. The zero-order valence-corrected chi connectivity index (χ0v) is 19.9. The predicted octanol–water partition coefficient (Wildman–Crippen LogP) is 3.09. The van der Waals surface area contributed by atoms with E-state index in [0.29, 0.717) is 25.6 Å². The molecular weight excluding hydrogens is 495 g/mol. The van der Waals surface area contributed by atoms with Crippen molar-refractivity contribution >= 4 is 35.9 Å². The number of esters is 1. The van der Waals surface area contributed by atoms with Gasteiger partial charge in [-0.25, -0.2) is 4.98 Å². The number of nitrogens with one attached hydrogen (secondary N) is 1. The maximum atomic E-state index is 12.0. The highest BCUT2D eigenvalue weighted by Crippen LogP contribution is 2.24.